The molecule has 1 N–H and O–H groups in total. The zero-order chi connectivity index (χ0) is 13.0. The predicted molar refractivity (Wildman–Crippen MR) is 74.1 cm³/mol. The molecular weight excluding hydrogens is 292 g/mol. The molecular formula is C14H14BrN2O+. The van der Waals surface area contributed by atoms with E-state index in [1.807, 2.05) is 60.2 Å². The fourth-order valence-electron chi connectivity index (χ4n) is 1.66. The van der Waals surface area contributed by atoms with Crippen LogP contribution in [-0.2, 0) is 11.3 Å². The second-order valence-corrected chi connectivity index (χ2v) is 4.94. The van der Waals surface area contributed by atoms with E-state index >= 15 is 0 Å². The van der Waals surface area contributed by atoms with Gasteiger partial charge in [0, 0.05) is 29.2 Å². The summed E-state index contributed by atoms with van der Waals surface area (Å²) in [5, 5.41) is 2.87. The molecule has 0 radical (unpaired) electrons. The van der Waals surface area contributed by atoms with Crippen molar-refractivity contribution in [3.63, 3.8) is 0 Å². The van der Waals surface area contributed by atoms with E-state index in [0.29, 0.717) is 6.54 Å². The van der Waals surface area contributed by atoms with Crippen LogP contribution in [0.25, 0.3) is 0 Å². The van der Waals surface area contributed by atoms with Crippen LogP contribution in [0.1, 0.15) is 5.69 Å². The van der Waals surface area contributed by atoms with Gasteiger partial charge in [-0.2, -0.15) is 4.57 Å². The molecule has 92 valence electrons. The number of rotatable bonds is 3. The molecule has 0 aliphatic heterocycles. The summed E-state index contributed by atoms with van der Waals surface area (Å²) in [5.74, 6) is -0.0348. The van der Waals surface area contributed by atoms with Gasteiger partial charge in [0.25, 0.3) is 5.91 Å². The lowest BCUT2D eigenvalue weighted by molar-refractivity contribution is -0.690. The Bertz CT molecular complexity index is 569. The Kier molecular flexibility index (Phi) is 4.10. The fraction of sp³-hybridized carbons (Fsp3) is 0.143. The highest BCUT2D eigenvalue weighted by molar-refractivity contribution is 9.10. The van der Waals surface area contributed by atoms with Gasteiger partial charge in [0.15, 0.2) is 11.9 Å². The lowest BCUT2D eigenvalue weighted by atomic mass is 10.3. The number of pyridine rings is 1. The van der Waals surface area contributed by atoms with Gasteiger partial charge in [-0.15, -0.1) is 0 Å². The van der Waals surface area contributed by atoms with Crippen molar-refractivity contribution < 1.29 is 9.36 Å². The maximum atomic E-state index is 11.9. The number of anilines is 1. The second-order valence-electron chi connectivity index (χ2n) is 4.03. The number of carbonyl (C=O) groups excluding carboxylic acids is 1. The molecule has 3 nitrogen and oxygen atoms in total. The summed E-state index contributed by atoms with van der Waals surface area (Å²) in [7, 11) is 0. The van der Waals surface area contributed by atoms with Gasteiger partial charge in [0.05, 0.1) is 0 Å². The zero-order valence-corrected chi connectivity index (χ0v) is 11.6. The van der Waals surface area contributed by atoms with Crippen LogP contribution >= 0.6 is 15.9 Å². The van der Waals surface area contributed by atoms with E-state index in [2.05, 4.69) is 21.2 Å². The number of amides is 1. The Labute approximate surface area is 115 Å². The highest BCUT2D eigenvalue weighted by Gasteiger charge is 2.11. The molecule has 0 aliphatic carbocycles. The van der Waals surface area contributed by atoms with E-state index < -0.39 is 0 Å². The Hall–Kier alpha value is -1.68. The topological polar surface area (TPSA) is 33.0 Å². The third-order valence-electron chi connectivity index (χ3n) is 2.59. The van der Waals surface area contributed by atoms with Crippen LogP contribution in [0.3, 0.4) is 0 Å². The van der Waals surface area contributed by atoms with Crippen LogP contribution in [0.2, 0.25) is 0 Å². The number of nitrogens with zero attached hydrogens (tertiary/aromatic N) is 1. The van der Waals surface area contributed by atoms with Gasteiger partial charge >= 0.3 is 0 Å². The molecule has 0 spiro atoms. The lowest BCUT2D eigenvalue weighted by Gasteiger charge is -2.04. The van der Waals surface area contributed by atoms with E-state index in [4.69, 9.17) is 0 Å². The van der Waals surface area contributed by atoms with Crippen molar-refractivity contribution in [3.8, 4) is 0 Å². The maximum absolute atomic E-state index is 11.9. The van der Waals surface area contributed by atoms with Crippen molar-refractivity contribution >= 4 is 27.5 Å². The minimum absolute atomic E-state index is 0.0348. The van der Waals surface area contributed by atoms with Crippen molar-refractivity contribution in [3.05, 3.63) is 58.8 Å². The minimum Gasteiger partial charge on any atom is -0.321 e. The number of hydrogen-bond acceptors (Lipinski definition) is 1. The quantitative estimate of drug-likeness (QED) is 0.869. The summed E-state index contributed by atoms with van der Waals surface area (Å²) in [6.45, 7) is 2.30. The molecule has 2 aromatic rings. The Morgan fingerprint density at radius 1 is 1.28 bits per heavy atom. The molecule has 0 bridgehead atoms. The molecule has 4 heteroatoms. The van der Waals surface area contributed by atoms with Crippen LogP contribution in [0, 0.1) is 6.92 Å². The lowest BCUT2D eigenvalue weighted by Crippen LogP contribution is -2.42. The van der Waals surface area contributed by atoms with E-state index in [0.717, 1.165) is 15.9 Å². The predicted octanol–water partition coefficient (Wildman–Crippen LogP) is 2.68. The van der Waals surface area contributed by atoms with Gasteiger partial charge in [0.2, 0.25) is 6.54 Å². The van der Waals surface area contributed by atoms with Gasteiger partial charge in [-0.3, -0.25) is 4.79 Å². The molecule has 0 unspecified atom stereocenters. The van der Waals surface area contributed by atoms with Crippen molar-refractivity contribution in [2.24, 2.45) is 0 Å². The number of carbonyl (C=O) groups is 1. The number of halogens is 1. The average Bonchev–Trinajstić information content (AvgIpc) is 2.32. The van der Waals surface area contributed by atoms with Crippen LogP contribution in [-0.4, -0.2) is 5.91 Å². The first-order valence-corrected chi connectivity index (χ1v) is 6.45. The first-order chi connectivity index (χ1) is 8.65. The van der Waals surface area contributed by atoms with Gasteiger partial charge in [-0.25, -0.2) is 0 Å². The van der Waals surface area contributed by atoms with E-state index in [1.54, 1.807) is 0 Å². The number of nitrogens with one attached hydrogen (secondary N) is 1. The van der Waals surface area contributed by atoms with Crippen molar-refractivity contribution in [1.29, 1.82) is 0 Å². The van der Waals surface area contributed by atoms with Gasteiger partial charge in [-0.1, -0.05) is 28.1 Å². The van der Waals surface area contributed by atoms with Crippen LogP contribution in [0.5, 0.6) is 0 Å². The summed E-state index contributed by atoms with van der Waals surface area (Å²) in [6, 6.07) is 13.4. The number of aryl methyl sites for hydroxylation is 1. The van der Waals surface area contributed by atoms with Gasteiger partial charge < -0.3 is 5.32 Å². The van der Waals surface area contributed by atoms with Crippen molar-refractivity contribution in [2.45, 2.75) is 13.5 Å². The summed E-state index contributed by atoms with van der Waals surface area (Å²) in [6.07, 6.45) is 1.90. The largest absolute Gasteiger partial charge is 0.321 e. The molecule has 1 aromatic heterocycles. The molecule has 1 amide bonds. The molecule has 1 aromatic carbocycles. The van der Waals surface area contributed by atoms with E-state index in [1.165, 1.54) is 0 Å². The Morgan fingerprint density at radius 2 is 2.11 bits per heavy atom. The average molecular weight is 306 g/mol. The smallest absolute Gasteiger partial charge is 0.290 e. The van der Waals surface area contributed by atoms with Crippen molar-refractivity contribution in [1.82, 2.24) is 0 Å². The molecule has 0 aliphatic rings. The van der Waals surface area contributed by atoms with Gasteiger partial charge in [-0.05, 0) is 18.2 Å². The van der Waals surface area contributed by atoms with E-state index in [9.17, 15) is 4.79 Å². The SMILES string of the molecule is Cc1cccc[n+]1CC(=O)Nc1cccc(Br)c1. The molecule has 0 atom stereocenters. The highest BCUT2D eigenvalue weighted by atomic mass is 79.9. The number of aromatic nitrogens is 1. The minimum atomic E-state index is -0.0348. The Balaban J connectivity index is 2.03. The molecule has 1 heterocycles. The third-order valence-corrected chi connectivity index (χ3v) is 3.08. The third kappa shape index (κ3) is 3.40. The number of benzene rings is 1. The van der Waals surface area contributed by atoms with Gasteiger partial charge in [0.1, 0.15) is 0 Å². The highest BCUT2D eigenvalue weighted by Crippen LogP contribution is 2.15. The monoisotopic (exact) mass is 305 g/mol. The first-order valence-electron chi connectivity index (χ1n) is 5.65. The zero-order valence-electron chi connectivity index (χ0n) is 10.1. The van der Waals surface area contributed by atoms with E-state index in [-0.39, 0.29) is 5.91 Å². The normalized spacial score (nSPS) is 10.1. The number of hydrogen-bond donors (Lipinski definition) is 1. The molecule has 18 heavy (non-hydrogen) atoms. The summed E-state index contributed by atoms with van der Waals surface area (Å²) < 4.78 is 2.86. The van der Waals surface area contributed by atoms with Crippen LogP contribution in [0.15, 0.2) is 53.1 Å². The fourth-order valence-corrected chi connectivity index (χ4v) is 2.06. The van der Waals surface area contributed by atoms with Crippen LogP contribution < -0.4 is 9.88 Å². The summed E-state index contributed by atoms with van der Waals surface area (Å²) in [4.78, 5) is 11.9. The summed E-state index contributed by atoms with van der Waals surface area (Å²) >= 11 is 3.37. The molecule has 0 saturated heterocycles. The second kappa shape index (κ2) is 5.78. The molecule has 2 rings (SSSR count). The Morgan fingerprint density at radius 3 is 2.83 bits per heavy atom. The first kappa shape index (κ1) is 12.8. The molecule has 0 saturated carbocycles. The van der Waals surface area contributed by atoms with Crippen molar-refractivity contribution in [2.75, 3.05) is 5.32 Å². The van der Waals surface area contributed by atoms with Crippen LogP contribution in [0.4, 0.5) is 5.69 Å². The maximum Gasteiger partial charge on any atom is 0.290 e. The summed E-state index contributed by atoms with van der Waals surface area (Å²) in [5.41, 5.74) is 1.85. The standard InChI is InChI=1S/C14H13BrN2O/c1-11-5-2-3-8-17(11)10-14(18)16-13-7-4-6-12(15)9-13/h2-9H,10H2,1H3/p+1. The molecule has 0 fully saturated rings.